The van der Waals surface area contributed by atoms with E-state index in [2.05, 4.69) is 5.32 Å². The van der Waals surface area contributed by atoms with Crippen molar-refractivity contribution in [3.63, 3.8) is 0 Å². The molecule has 0 unspecified atom stereocenters. The summed E-state index contributed by atoms with van der Waals surface area (Å²) in [7, 11) is 1.18. The lowest BCUT2D eigenvalue weighted by atomic mass is 9.74. The molecule has 4 heterocycles. The van der Waals surface area contributed by atoms with Crippen LogP contribution in [0.2, 0.25) is 0 Å². The van der Waals surface area contributed by atoms with E-state index in [0.717, 1.165) is 25.3 Å². The van der Waals surface area contributed by atoms with E-state index in [9.17, 15) is 34.5 Å². The fourth-order valence-electron chi connectivity index (χ4n) is 8.01. The Morgan fingerprint density at radius 2 is 1.64 bits per heavy atom. The summed E-state index contributed by atoms with van der Waals surface area (Å²) < 4.78 is 41.7. The number of rotatable bonds is 6. The average Bonchev–Trinajstić information content (AvgIpc) is 3.21. The van der Waals surface area contributed by atoms with Gasteiger partial charge in [0.05, 0.1) is 62.8 Å². The molecule has 15 nitrogen and oxygen atoms in total. The van der Waals surface area contributed by atoms with Crippen LogP contribution in [0.4, 0.5) is 5.69 Å². The smallest absolute Gasteiger partial charge is 0.339 e. The Hall–Kier alpha value is -4.48. The molecule has 0 spiro atoms. The molecule has 9 atom stereocenters. The number of anilines is 1. The van der Waals surface area contributed by atoms with Crippen molar-refractivity contribution in [2.24, 2.45) is 5.41 Å². The van der Waals surface area contributed by atoms with Gasteiger partial charge in [-0.15, -0.1) is 0 Å². The molecule has 4 N–H and O–H groups in total. The van der Waals surface area contributed by atoms with Crippen LogP contribution in [0.3, 0.4) is 0 Å². The third-order valence-corrected chi connectivity index (χ3v) is 11.2. The molecule has 4 aliphatic rings. The molecule has 15 heteroatoms. The average molecular weight is 822 g/mol. The van der Waals surface area contributed by atoms with Crippen LogP contribution >= 0.6 is 0 Å². The van der Waals surface area contributed by atoms with E-state index < -0.39 is 72.3 Å². The number of esters is 3. The highest BCUT2D eigenvalue weighted by molar-refractivity contribution is 6.04. The van der Waals surface area contributed by atoms with Gasteiger partial charge < -0.3 is 53.8 Å². The number of carbonyl (C=O) groups is 4. The van der Waals surface area contributed by atoms with Crippen molar-refractivity contribution >= 4 is 29.5 Å². The first-order chi connectivity index (χ1) is 28.2. The lowest BCUT2D eigenvalue weighted by Crippen LogP contribution is -2.62. The molecule has 0 saturated carbocycles. The second-order valence-electron chi connectivity index (χ2n) is 16.1. The molecule has 6 rings (SSSR count). The van der Waals surface area contributed by atoms with Gasteiger partial charge in [0.2, 0.25) is 5.79 Å². The van der Waals surface area contributed by atoms with Gasteiger partial charge in [-0.3, -0.25) is 9.59 Å². The molecule has 3 fully saturated rings. The minimum absolute atomic E-state index is 0.0250. The van der Waals surface area contributed by atoms with Gasteiger partial charge in [-0.1, -0.05) is 44.2 Å². The molecule has 1 amide bonds. The maximum atomic E-state index is 14.0. The summed E-state index contributed by atoms with van der Waals surface area (Å²) in [6.07, 6.45) is 1.55. The first kappa shape index (κ1) is 44.1. The van der Waals surface area contributed by atoms with Crippen LogP contribution in [0.15, 0.2) is 78.4 Å². The number of benzene rings is 2. The van der Waals surface area contributed by atoms with E-state index in [1.807, 2.05) is 0 Å². The number of hydrogen-bond acceptors (Lipinski definition) is 14. The zero-order valence-electron chi connectivity index (χ0n) is 33.7. The van der Waals surface area contributed by atoms with E-state index in [0.29, 0.717) is 30.7 Å². The number of aliphatic hydroxyl groups excluding tert-OH is 2. The molecule has 59 heavy (non-hydrogen) atoms. The SMILES string of the molecule is COC(=O)/C=C1\C[C@H]2C[C@@H](CO)OC(=O)C[C@H](O)C[C@@H]3CCC[C@H](C[C@@H]4CCO[C@H](/C=C/C(C)(C)[C@](O)(O2)[C@H]1OC(=O)c1cccc(NC(=O)c2ccccc2)c1)O4)O3. The number of fused-ring (bicyclic) bond motifs is 6. The number of methoxy groups -OCH3 is 1. The standard InChI is InChI=1S/C44H55NO14/c1-43(2)17-15-39-54-18-16-34(57-39)24-33-14-8-13-32(55-33)22-31(47)23-38(49)56-36(26-46)25-35-20-29(21-37(48)53-3)40(44(43,52)59-35)58-42(51)28-11-7-12-30(19-28)45-41(50)27-9-5-4-6-10-27/h4-7,9-12,15,17,19,21,31-36,39-40,46-47,52H,8,13-14,16,18,20,22-26H2,1-3H3,(H,45,50)/b17-15+,29-21+/t31-,32+,33-,34+,35+,36+,39+,40+,44-/m1/s1. The van der Waals surface area contributed by atoms with Crippen molar-refractivity contribution in [3.05, 3.63) is 89.5 Å². The Bertz CT molecular complexity index is 1850. The molecule has 4 aliphatic heterocycles. The number of amides is 1. The molecule has 0 aromatic heterocycles. The summed E-state index contributed by atoms with van der Waals surface area (Å²) in [4.78, 5) is 52.9. The van der Waals surface area contributed by atoms with Gasteiger partial charge in [0.25, 0.3) is 5.91 Å². The molecular formula is C44H55NO14. The molecule has 0 aliphatic carbocycles. The lowest BCUT2D eigenvalue weighted by molar-refractivity contribution is -0.324. The Labute approximate surface area is 343 Å². The first-order valence-electron chi connectivity index (χ1n) is 20.2. The third-order valence-electron chi connectivity index (χ3n) is 11.2. The maximum absolute atomic E-state index is 14.0. The van der Waals surface area contributed by atoms with Gasteiger partial charge in [0.1, 0.15) is 6.10 Å². The van der Waals surface area contributed by atoms with Gasteiger partial charge in [0, 0.05) is 35.6 Å². The highest BCUT2D eigenvalue weighted by Gasteiger charge is 2.57. The van der Waals surface area contributed by atoms with Crippen LogP contribution in [0.1, 0.15) is 92.4 Å². The minimum atomic E-state index is -2.42. The van der Waals surface area contributed by atoms with Crippen molar-refractivity contribution < 1.29 is 67.7 Å². The molecular weight excluding hydrogens is 766 g/mol. The van der Waals surface area contributed by atoms with Crippen LogP contribution in [0.5, 0.6) is 0 Å². The summed E-state index contributed by atoms with van der Waals surface area (Å²) in [6.45, 7) is 3.09. The summed E-state index contributed by atoms with van der Waals surface area (Å²) in [5.41, 5.74) is -0.560. The molecule has 3 saturated heterocycles. The van der Waals surface area contributed by atoms with Crippen molar-refractivity contribution in [1.82, 2.24) is 0 Å². The van der Waals surface area contributed by atoms with Crippen LogP contribution in [-0.2, 0) is 42.7 Å². The second-order valence-corrected chi connectivity index (χ2v) is 16.1. The predicted octanol–water partition coefficient (Wildman–Crippen LogP) is 4.53. The molecule has 2 aromatic rings. The monoisotopic (exact) mass is 821 g/mol. The van der Waals surface area contributed by atoms with Gasteiger partial charge >= 0.3 is 17.9 Å². The van der Waals surface area contributed by atoms with E-state index in [1.165, 1.54) is 19.2 Å². The van der Waals surface area contributed by atoms with Crippen molar-refractivity contribution in [2.45, 2.75) is 126 Å². The number of cyclic esters (lactones) is 1. The summed E-state index contributed by atoms with van der Waals surface area (Å²) in [5, 5.41) is 36.8. The number of nitrogens with one attached hydrogen (secondary N) is 1. The molecule has 320 valence electrons. The molecule has 0 radical (unpaired) electrons. The lowest BCUT2D eigenvalue weighted by Gasteiger charge is -2.51. The highest BCUT2D eigenvalue weighted by atomic mass is 16.7. The second kappa shape index (κ2) is 19.7. The maximum Gasteiger partial charge on any atom is 0.339 e. The largest absolute Gasteiger partial charge is 0.466 e. The Kier molecular flexibility index (Phi) is 14.7. The molecule has 6 bridgehead atoms. The Balaban J connectivity index is 1.33. The van der Waals surface area contributed by atoms with Crippen molar-refractivity contribution in [2.75, 3.05) is 25.6 Å². The zero-order chi connectivity index (χ0) is 42.2. The van der Waals surface area contributed by atoms with E-state index in [1.54, 1.807) is 68.5 Å². The topological polar surface area (TPSA) is 206 Å². The predicted molar refractivity (Wildman–Crippen MR) is 211 cm³/mol. The minimum Gasteiger partial charge on any atom is -0.466 e. The zero-order valence-corrected chi connectivity index (χ0v) is 33.7. The highest BCUT2D eigenvalue weighted by Crippen LogP contribution is 2.47. The number of ether oxygens (including phenoxy) is 7. The fourth-order valence-corrected chi connectivity index (χ4v) is 8.01. The van der Waals surface area contributed by atoms with Crippen LogP contribution in [0, 0.1) is 5.41 Å². The number of aliphatic hydroxyl groups is 3. The van der Waals surface area contributed by atoms with Crippen molar-refractivity contribution in [3.8, 4) is 0 Å². The van der Waals surface area contributed by atoms with E-state index >= 15 is 0 Å². The fraction of sp³-hybridized carbons (Fsp3) is 0.545. The quantitative estimate of drug-likeness (QED) is 0.137. The van der Waals surface area contributed by atoms with Gasteiger partial charge in [-0.2, -0.15) is 0 Å². The van der Waals surface area contributed by atoms with Gasteiger partial charge in [-0.05, 0) is 80.5 Å². The van der Waals surface area contributed by atoms with E-state index in [-0.39, 0.29) is 55.1 Å². The number of carbonyl (C=O) groups excluding carboxylic acids is 4. The van der Waals surface area contributed by atoms with Crippen LogP contribution in [-0.4, -0.2) is 114 Å². The van der Waals surface area contributed by atoms with Crippen molar-refractivity contribution in [1.29, 1.82) is 0 Å². The third kappa shape index (κ3) is 11.4. The van der Waals surface area contributed by atoms with Gasteiger partial charge in [-0.25, -0.2) is 9.59 Å². The van der Waals surface area contributed by atoms with E-state index in [4.69, 9.17) is 33.2 Å². The van der Waals surface area contributed by atoms with Crippen LogP contribution in [0.25, 0.3) is 0 Å². The van der Waals surface area contributed by atoms with Crippen LogP contribution < -0.4 is 5.32 Å². The Morgan fingerprint density at radius 3 is 2.39 bits per heavy atom. The summed E-state index contributed by atoms with van der Waals surface area (Å²) >= 11 is 0. The Morgan fingerprint density at radius 1 is 0.915 bits per heavy atom. The van der Waals surface area contributed by atoms with Gasteiger partial charge in [0.15, 0.2) is 12.4 Å². The summed E-state index contributed by atoms with van der Waals surface area (Å²) in [6, 6.07) is 14.6. The normalized spacial score (nSPS) is 32.8. The number of hydrogen-bond donors (Lipinski definition) is 4. The molecule has 2 aromatic carbocycles. The summed E-state index contributed by atoms with van der Waals surface area (Å²) in [5.74, 6) is -5.26. The first-order valence-corrected chi connectivity index (χ1v) is 20.2.